The summed E-state index contributed by atoms with van der Waals surface area (Å²) in [6.45, 7) is 1.14. The Hall–Kier alpha value is -2.99. The van der Waals surface area contributed by atoms with Gasteiger partial charge in [-0.15, -0.1) is 0 Å². The SMILES string of the molecule is CNC(=O)C1Cc2ccccc2CN1Cc1nc(Cc2ccccc2)no1. The van der Waals surface area contributed by atoms with Crippen molar-refractivity contribution >= 4 is 5.91 Å². The van der Waals surface area contributed by atoms with E-state index in [4.69, 9.17) is 4.52 Å². The number of hydrogen-bond donors (Lipinski definition) is 1. The summed E-state index contributed by atoms with van der Waals surface area (Å²) in [5.41, 5.74) is 3.60. The highest BCUT2D eigenvalue weighted by Gasteiger charge is 2.32. The molecule has 1 aliphatic heterocycles. The number of nitrogens with one attached hydrogen (secondary N) is 1. The third-order valence-electron chi connectivity index (χ3n) is 4.95. The molecule has 1 unspecified atom stereocenters. The molecule has 1 N–H and O–H groups in total. The summed E-state index contributed by atoms with van der Waals surface area (Å²) in [6, 6.07) is 18.1. The smallest absolute Gasteiger partial charge is 0.240 e. The maximum atomic E-state index is 12.4. The highest BCUT2D eigenvalue weighted by atomic mass is 16.5. The van der Waals surface area contributed by atoms with Crippen molar-refractivity contribution in [3.63, 3.8) is 0 Å². The van der Waals surface area contributed by atoms with Crippen LogP contribution in [-0.4, -0.2) is 34.0 Å². The first-order valence-electron chi connectivity index (χ1n) is 9.11. The van der Waals surface area contributed by atoms with Crippen LogP contribution in [0.25, 0.3) is 0 Å². The van der Waals surface area contributed by atoms with E-state index in [1.54, 1.807) is 7.05 Å². The fraction of sp³-hybridized carbons (Fsp3) is 0.286. The normalized spacial score (nSPS) is 16.7. The number of fused-ring (bicyclic) bond motifs is 1. The van der Waals surface area contributed by atoms with Crippen molar-refractivity contribution in [3.8, 4) is 0 Å². The van der Waals surface area contributed by atoms with E-state index in [1.807, 2.05) is 42.5 Å². The molecular weight excluding hydrogens is 340 g/mol. The van der Waals surface area contributed by atoms with Gasteiger partial charge in [-0.2, -0.15) is 4.98 Å². The van der Waals surface area contributed by atoms with E-state index in [0.29, 0.717) is 37.6 Å². The van der Waals surface area contributed by atoms with Gasteiger partial charge in [-0.3, -0.25) is 9.69 Å². The molecule has 2 aromatic carbocycles. The molecule has 0 fully saturated rings. The van der Waals surface area contributed by atoms with Crippen LogP contribution in [0, 0.1) is 0 Å². The van der Waals surface area contributed by atoms with Crippen LogP contribution in [0.15, 0.2) is 59.1 Å². The molecule has 27 heavy (non-hydrogen) atoms. The number of aromatic nitrogens is 2. The third-order valence-corrected chi connectivity index (χ3v) is 4.95. The third kappa shape index (κ3) is 3.90. The molecule has 6 heteroatoms. The van der Waals surface area contributed by atoms with E-state index >= 15 is 0 Å². The molecule has 0 saturated heterocycles. The van der Waals surface area contributed by atoms with Gasteiger partial charge < -0.3 is 9.84 Å². The van der Waals surface area contributed by atoms with E-state index in [9.17, 15) is 4.79 Å². The summed E-state index contributed by atoms with van der Waals surface area (Å²) in [6.07, 6.45) is 1.31. The zero-order valence-corrected chi connectivity index (χ0v) is 15.3. The lowest BCUT2D eigenvalue weighted by Crippen LogP contribution is -2.49. The van der Waals surface area contributed by atoms with Crippen LogP contribution < -0.4 is 5.32 Å². The van der Waals surface area contributed by atoms with Gasteiger partial charge in [0.15, 0.2) is 5.82 Å². The molecular formula is C21H22N4O2. The Kier molecular flexibility index (Phi) is 4.98. The fourth-order valence-electron chi connectivity index (χ4n) is 3.55. The van der Waals surface area contributed by atoms with Crippen LogP contribution in [0.5, 0.6) is 0 Å². The minimum atomic E-state index is -0.241. The van der Waals surface area contributed by atoms with Crippen LogP contribution in [-0.2, 0) is 30.7 Å². The largest absolute Gasteiger partial charge is 0.358 e. The van der Waals surface area contributed by atoms with Gasteiger partial charge in [0.05, 0.1) is 12.6 Å². The first-order valence-corrected chi connectivity index (χ1v) is 9.11. The first-order chi connectivity index (χ1) is 13.2. The topological polar surface area (TPSA) is 71.3 Å². The van der Waals surface area contributed by atoms with Crippen molar-refractivity contribution < 1.29 is 9.32 Å². The Morgan fingerprint density at radius 1 is 1.15 bits per heavy atom. The van der Waals surface area contributed by atoms with E-state index in [2.05, 4.69) is 32.5 Å². The minimum Gasteiger partial charge on any atom is -0.358 e. The van der Waals surface area contributed by atoms with Crippen molar-refractivity contribution in [2.24, 2.45) is 0 Å². The maximum absolute atomic E-state index is 12.4. The highest BCUT2D eigenvalue weighted by molar-refractivity contribution is 5.82. The Morgan fingerprint density at radius 2 is 1.89 bits per heavy atom. The van der Waals surface area contributed by atoms with Crippen LogP contribution in [0.4, 0.5) is 0 Å². The van der Waals surface area contributed by atoms with Crippen molar-refractivity contribution in [2.45, 2.75) is 32.0 Å². The lowest BCUT2D eigenvalue weighted by atomic mass is 9.93. The van der Waals surface area contributed by atoms with Crippen LogP contribution in [0.1, 0.15) is 28.4 Å². The van der Waals surface area contributed by atoms with Crippen molar-refractivity contribution in [1.82, 2.24) is 20.4 Å². The van der Waals surface area contributed by atoms with Crippen LogP contribution >= 0.6 is 0 Å². The van der Waals surface area contributed by atoms with Crippen molar-refractivity contribution in [3.05, 3.63) is 83.0 Å². The number of amides is 1. The molecule has 0 saturated carbocycles. The summed E-state index contributed by atoms with van der Waals surface area (Å²) in [7, 11) is 1.67. The number of hydrogen-bond acceptors (Lipinski definition) is 5. The molecule has 1 atom stereocenters. The second-order valence-electron chi connectivity index (χ2n) is 6.77. The molecule has 1 aromatic heterocycles. The number of rotatable bonds is 5. The fourth-order valence-corrected chi connectivity index (χ4v) is 3.55. The number of nitrogens with zero attached hydrogens (tertiary/aromatic N) is 3. The van der Waals surface area contributed by atoms with Gasteiger partial charge in [0.2, 0.25) is 11.8 Å². The molecule has 0 radical (unpaired) electrons. The Bertz CT molecular complexity index is 923. The highest BCUT2D eigenvalue weighted by Crippen LogP contribution is 2.25. The van der Waals surface area contributed by atoms with Crippen molar-refractivity contribution in [2.75, 3.05) is 7.05 Å². The zero-order chi connectivity index (χ0) is 18.6. The van der Waals surface area contributed by atoms with E-state index in [0.717, 1.165) is 5.56 Å². The van der Waals surface area contributed by atoms with E-state index in [1.165, 1.54) is 11.1 Å². The molecule has 0 spiro atoms. The molecule has 6 nitrogen and oxygen atoms in total. The molecule has 1 amide bonds. The molecule has 0 bridgehead atoms. The lowest BCUT2D eigenvalue weighted by Gasteiger charge is -2.34. The average molecular weight is 362 g/mol. The van der Waals surface area contributed by atoms with Gasteiger partial charge in [0, 0.05) is 20.0 Å². The van der Waals surface area contributed by atoms with Crippen LogP contribution in [0.2, 0.25) is 0 Å². The Balaban J connectivity index is 1.51. The van der Waals surface area contributed by atoms with Gasteiger partial charge >= 0.3 is 0 Å². The van der Waals surface area contributed by atoms with E-state index < -0.39 is 0 Å². The number of benzene rings is 2. The average Bonchev–Trinajstić information content (AvgIpc) is 3.14. The summed E-state index contributed by atoms with van der Waals surface area (Å²) in [4.78, 5) is 19.0. The molecule has 1 aliphatic rings. The Labute approximate surface area is 158 Å². The summed E-state index contributed by atoms with van der Waals surface area (Å²) in [5.74, 6) is 1.20. The second-order valence-corrected chi connectivity index (χ2v) is 6.77. The van der Waals surface area contributed by atoms with Gasteiger partial charge in [0.1, 0.15) is 0 Å². The Morgan fingerprint density at radius 3 is 2.67 bits per heavy atom. The van der Waals surface area contributed by atoms with E-state index in [-0.39, 0.29) is 11.9 Å². The number of carbonyl (C=O) groups is 1. The number of carbonyl (C=O) groups excluding carboxylic acids is 1. The summed E-state index contributed by atoms with van der Waals surface area (Å²) < 4.78 is 5.45. The number of likely N-dealkylation sites (N-methyl/N-ethyl adjacent to an activating group) is 1. The molecule has 138 valence electrons. The van der Waals surface area contributed by atoms with Gasteiger partial charge in [-0.05, 0) is 23.1 Å². The predicted molar refractivity (Wildman–Crippen MR) is 101 cm³/mol. The van der Waals surface area contributed by atoms with Gasteiger partial charge in [0.25, 0.3) is 0 Å². The second kappa shape index (κ2) is 7.72. The quantitative estimate of drug-likeness (QED) is 0.754. The van der Waals surface area contributed by atoms with Gasteiger partial charge in [-0.25, -0.2) is 0 Å². The monoisotopic (exact) mass is 362 g/mol. The predicted octanol–water partition coefficient (Wildman–Crippen LogP) is 2.33. The van der Waals surface area contributed by atoms with Crippen molar-refractivity contribution in [1.29, 1.82) is 0 Å². The molecule has 0 aliphatic carbocycles. The summed E-state index contributed by atoms with van der Waals surface area (Å²) >= 11 is 0. The van der Waals surface area contributed by atoms with Gasteiger partial charge in [-0.1, -0.05) is 59.8 Å². The van der Waals surface area contributed by atoms with Crippen LogP contribution in [0.3, 0.4) is 0 Å². The lowest BCUT2D eigenvalue weighted by molar-refractivity contribution is -0.126. The first kappa shape index (κ1) is 17.4. The summed E-state index contributed by atoms with van der Waals surface area (Å²) in [5, 5.41) is 6.87. The zero-order valence-electron chi connectivity index (χ0n) is 15.3. The molecule has 3 aromatic rings. The minimum absolute atomic E-state index is 0.00790. The molecule has 2 heterocycles. The molecule has 4 rings (SSSR count). The maximum Gasteiger partial charge on any atom is 0.240 e. The standard InChI is InChI=1S/C21H22N4O2/c1-22-21(26)18-12-16-9-5-6-10-17(16)13-25(18)14-20-23-19(24-27-20)11-15-7-3-2-4-8-15/h2-10,18H,11-14H2,1H3,(H,22,26).